The Balaban J connectivity index is 1.96. The van der Waals surface area contributed by atoms with Crippen molar-refractivity contribution in [3.8, 4) is 23.0 Å². The number of rotatable bonds is 3. The number of fused-ring (bicyclic) bond motifs is 1. The molecule has 2 aromatic rings. The molecule has 0 aliphatic carbocycles. The quantitative estimate of drug-likeness (QED) is 0.784. The van der Waals surface area contributed by atoms with Crippen LogP contribution in [0.4, 0.5) is 0 Å². The van der Waals surface area contributed by atoms with Gasteiger partial charge in [0, 0.05) is 11.6 Å². The number of hydrogen-bond donors (Lipinski definition) is 0. The standard InChI is InChI=1S/C14H11ClO3/c15-8-10-6-13-14(17-9-16-13)7-12(10)18-11-4-2-1-3-5-11/h1-7H,8-9H2. The van der Waals surface area contributed by atoms with Gasteiger partial charge in [-0.2, -0.15) is 0 Å². The molecule has 0 atom stereocenters. The number of ether oxygens (including phenoxy) is 3. The van der Waals surface area contributed by atoms with Crippen LogP contribution in [0.3, 0.4) is 0 Å². The molecule has 0 amide bonds. The van der Waals surface area contributed by atoms with Crippen LogP contribution >= 0.6 is 11.6 Å². The molecule has 2 aromatic carbocycles. The summed E-state index contributed by atoms with van der Waals surface area (Å²) in [7, 11) is 0. The van der Waals surface area contributed by atoms with Crippen LogP contribution in [-0.4, -0.2) is 6.79 Å². The number of benzene rings is 2. The Morgan fingerprint density at radius 2 is 1.78 bits per heavy atom. The first-order valence-corrected chi connectivity index (χ1v) is 6.11. The maximum Gasteiger partial charge on any atom is 0.231 e. The molecule has 0 fully saturated rings. The lowest BCUT2D eigenvalue weighted by atomic mass is 10.2. The Hall–Kier alpha value is -1.87. The average molecular weight is 263 g/mol. The molecule has 0 saturated heterocycles. The number of hydrogen-bond acceptors (Lipinski definition) is 3. The van der Waals surface area contributed by atoms with Crippen LogP contribution in [0.15, 0.2) is 42.5 Å². The number of alkyl halides is 1. The van der Waals surface area contributed by atoms with Crippen LogP contribution in [0.5, 0.6) is 23.0 Å². The summed E-state index contributed by atoms with van der Waals surface area (Å²) in [5.41, 5.74) is 0.879. The zero-order chi connectivity index (χ0) is 12.4. The minimum absolute atomic E-state index is 0.242. The fraction of sp³-hybridized carbons (Fsp3) is 0.143. The fourth-order valence-corrected chi connectivity index (χ4v) is 1.99. The second kappa shape index (κ2) is 4.78. The molecular formula is C14H11ClO3. The molecule has 1 heterocycles. The molecule has 0 spiro atoms. The summed E-state index contributed by atoms with van der Waals surface area (Å²) in [6.45, 7) is 0.242. The van der Waals surface area contributed by atoms with Crippen molar-refractivity contribution < 1.29 is 14.2 Å². The van der Waals surface area contributed by atoms with Crippen molar-refractivity contribution in [2.45, 2.75) is 5.88 Å². The molecule has 4 heteroatoms. The molecule has 92 valence electrons. The summed E-state index contributed by atoms with van der Waals surface area (Å²) >= 11 is 5.92. The Bertz CT molecular complexity index is 554. The Morgan fingerprint density at radius 3 is 2.50 bits per heavy atom. The van der Waals surface area contributed by atoms with E-state index >= 15 is 0 Å². The van der Waals surface area contributed by atoms with Crippen molar-refractivity contribution in [3.63, 3.8) is 0 Å². The molecule has 18 heavy (non-hydrogen) atoms. The van der Waals surface area contributed by atoms with E-state index in [1.54, 1.807) is 0 Å². The second-order valence-corrected chi connectivity index (χ2v) is 4.13. The third kappa shape index (κ3) is 2.09. The van der Waals surface area contributed by atoms with Crippen molar-refractivity contribution in [3.05, 3.63) is 48.0 Å². The SMILES string of the molecule is ClCc1cc2c(cc1Oc1ccccc1)OCO2. The molecule has 0 N–H and O–H groups in total. The van der Waals surface area contributed by atoms with Crippen LogP contribution in [0.25, 0.3) is 0 Å². The van der Waals surface area contributed by atoms with Gasteiger partial charge in [-0.1, -0.05) is 18.2 Å². The van der Waals surface area contributed by atoms with Crippen molar-refractivity contribution in [1.82, 2.24) is 0 Å². The van der Waals surface area contributed by atoms with E-state index in [4.69, 9.17) is 25.8 Å². The first-order chi connectivity index (χ1) is 8.86. The van der Waals surface area contributed by atoms with Crippen molar-refractivity contribution in [2.75, 3.05) is 6.79 Å². The van der Waals surface area contributed by atoms with Crippen LogP contribution in [0.2, 0.25) is 0 Å². The van der Waals surface area contributed by atoms with Gasteiger partial charge in [0.1, 0.15) is 11.5 Å². The first kappa shape index (κ1) is 11.2. The third-order valence-corrected chi connectivity index (χ3v) is 2.96. The maximum atomic E-state index is 5.92. The van der Waals surface area contributed by atoms with Crippen molar-refractivity contribution >= 4 is 11.6 Å². The van der Waals surface area contributed by atoms with Gasteiger partial charge in [0.15, 0.2) is 11.5 Å². The Kier molecular flexibility index (Phi) is 2.99. The molecule has 1 aliphatic rings. The zero-order valence-corrected chi connectivity index (χ0v) is 10.3. The first-order valence-electron chi connectivity index (χ1n) is 5.58. The number of para-hydroxylation sites is 1. The smallest absolute Gasteiger partial charge is 0.231 e. The average Bonchev–Trinajstić information content (AvgIpc) is 2.86. The largest absolute Gasteiger partial charge is 0.457 e. The molecular weight excluding hydrogens is 252 g/mol. The lowest BCUT2D eigenvalue weighted by Gasteiger charge is -2.10. The highest BCUT2D eigenvalue weighted by Gasteiger charge is 2.18. The van der Waals surface area contributed by atoms with Gasteiger partial charge in [-0.3, -0.25) is 0 Å². The summed E-state index contributed by atoms with van der Waals surface area (Å²) in [6.07, 6.45) is 0. The summed E-state index contributed by atoms with van der Waals surface area (Å²) in [5.74, 6) is 3.22. The monoisotopic (exact) mass is 262 g/mol. The predicted molar refractivity (Wildman–Crippen MR) is 68.6 cm³/mol. The van der Waals surface area contributed by atoms with Gasteiger partial charge >= 0.3 is 0 Å². The second-order valence-electron chi connectivity index (χ2n) is 3.86. The van der Waals surface area contributed by atoms with Gasteiger partial charge in [0.2, 0.25) is 6.79 Å². The van der Waals surface area contributed by atoms with Crippen molar-refractivity contribution in [2.24, 2.45) is 0 Å². The van der Waals surface area contributed by atoms with Gasteiger partial charge in [0.25, 0.3) is 0 Å². The summed E-state index contributed by atoms with van der Waals surface area (Å²) < 4.78 is 16.4. The van der Waals surface area contributed by atoms with Crippen LogP contribution < -0.4 is 14.2 Å². The summed E-state index contributed by atoms with van der Waals surface area (Å²) in [5, 5.41) is 0. The van der Waals surface area contributed by atoms with E-state index in [0.29, 0.717) is 23.1 Å². The zero-order valence-electron chi connectivity index (χ0n) is 9.56. The van der Waals surface area contributed by atoms with Gasteiger partial charge in [0.05, 0.1) is 5.88 Å². The third-order valence-electron chi connectivity index (χ3n) is 2.67. The summed E-state index contributed by atoms with van der Waals surface area (Å²) in [4.78, 5) is 0. The Labute approximate surface area is 110 Å². The molecule has 0 radical (unpaired) electrons. The van der Waals surface area contributed by atoms with E-state index in [1.165, 1.54) is 0 Å². The van der Waals surface area contributed by atoms with Gasteiger partial charge in [-0.15, -0.1) is 11.6 Å². The van der Waals surface area contributed by atoms with E-state index in [9.17, 15) is 0 Å². The van der Waals surface area contributed by atoms with Gasteiger partial charge < -0.3 is 14.2 Å². The molecule has 0 unspecified atom stereocenters. The van der Waals surface area contributed by atoms with E-state index in [2.05, 4.69) is 0 Å². The molecule has 0 aromatic heterocycles. The normalized spacial score (nSPS) is 12.5. The fourth-order valence-electron chi connectivity index (χ4n) is 1.78. The van der Waals surface area contributed by atoms with E-state index in [-0.39, 0.29) is 6.79 Å². The molecule has 1 aliphatic heterocycles. The van der Waals surface area contributed by atoms with E-state index in [1.807, 2.05) is 42.5 Å². The molecule has 3 nitrogen and oxygen atoms in total. The minimum atomic E-state index is 0.242. The van der Waals surface area contributed by atoms with Crippen LogP contribution in [0.1, 0.15) is 5.56 Å². The molecule has 0 bridgehead atoms. The van der Waals surface area contributed by atoms with Crippen molar-refractivity contribution in [1.29, 1.82) is 0 Å². The molecule has 0 saturated carbocycles. The van der Waals surface area contributed by atoms with Gasteiger partial charge in [-0.25, -0.2) is 0 Å². The van der Waals surface area contributed by atoms with Crippen LogP contribution in [0, 0.1) is 0 Å². The minimum Gasteiger partial charge on any atom is -0.457 e. The lowest BCUT2D eigenvalue weighted by Crippen LogP contribution is -1.92. The maximum absolute atomic E-state index is 5.92. The van der Waals surface area contributed by atoms with E-state index < -0.39 is 0 Å². The Morgan fingerprint density at radius 1 is 1.06 bits per heavy atom. The highest BCUT2D eigenvalue weighted by atomic mass is 35.5. The number of halogens is 1. The van der Waals surface area contributed by atoms with Gasteiger partial charge in [-0.05, 0) is 18.2 Å². The highest BCUT2D eigenvalue weighted by Crippen LogP contribution is 2.40. The highest BCUT2D eigenvalue weighted by molar-refractivity contribution is 6.17. The lowest BCUT2D eigenvalue weighted by molar-refractivity contribution is 0.174. The summed E-state index contributed by atoms with van der Waals surface area (Å²) in [6, 6.07) is 13.2. The van der Waals surface area contributed by atoms with E-state index in [0.717, 1.165) is 11.3 Å². The topological polar surface area (TPSA) is 27.7 Å². The predicted octanol–water partition coefficient (Wildman–Crippen LogP) is 3.95. The molecule has 3 rings (SSSR count). The van der Waals surface area contributed by atoms with Crippen LogP contribution in [-0.2, 0) is 5.88 Å².